The summed E-state index contributed by atoms with van der Waals surface area (Å²) >= 11 is 0. The van der Waals surface area contributed by atoms with Crippen LogP contribution in [0.25, 0.3) is 0 Å². The van der Waals surface area contributed by atoms with Crippen molar-refractivity contribution in [2.24, 2.45) is 0 Å². The van der Waals surface area contributed by atoms with Gasteiger partial charge in [0.15, 0.2) is 14.7 Å². The Kier molecular flexibility index (Phi) is 14.2. The fraction of sp³-hybridized carbons (Fsp3) is 0.333. The highest BCUT2D eigenvalue weighted by atomic mass is 32.2. The van der Waals surface area contributed by atoms with Gasteiger partial charge in [-0.15, -0.1) is 0 Å². The maximum Gasteiger partial charge on any atom is 0.166 e. The molecule has 0 spiro atoms. The van der Waals surface area contributed by atoms with Crippen LogP contribution in [-0.2, 0) is 27.4 Å². The third-order valence-corrected chi connectivity index (χ3v) is 10.1. The van der Waals surface area contributed by atoms with E-state index in [2.05, 4.69) is 91.9 Å². The monoisotopic (exact) mass is 588 g/mol. The summed E-state index contributed by atoms with van der Waals surface area (Å²) in [5.41, 5.74) is 2.41. The standard InChI is InChI=1S/C29H37S.C7H8O3S/c1-2-3-4-5-6-7-8-9-12-17-26-22-24-29(25-23-26)30(27-18-13-10-14-19-27)28-20-15-11-16-21-28;1-6-2-4-7(5-3-6)11(8,9)10/h10-11,13-16,18-25H,2-9,12,17H2,1H3;2-5H,1H3,(H,8,9,10)/q+1;/p-1. The molecule has 0 amide bonds. The van der Waals surface area contributed by atoms with E-state index < -0.39 is 10.1 Å². The van der Waals surface area contributed by atoms with Gasteiger partial charge in [0.2, 0.25) is 0 Å². The molecule has 0 aliphatic carbocycles. The molecule has 41 heavy (non-hydrogen) atoms. The summed E-state index contributed by atoms with van der Waals surface area (Å²) in [7, 11) is -4.31. The van der Waals surface area contributed by atoms with Gasteiger partial charge in [0, 0.05) is 0 Å². The van der Waals surface area contributed by atoms with Gasteiger partial charge in [-0.05, 0) is 73.9 Å². The predicted octanol–water partition coefficient (Wildman–Crippen LogP) is 9.75. The molecule has 4 aromatic carbocycles. The first-order valence-corrected chi connectivity index (χ1v) is 17.5. The molecule has 0 saturated carbocycles. The molecule has 0 saturated heterocycles. The molecule has 0 atom stereocenters. The summed E-state index contributed by atoms with van der Waals surface area (Å²) in [4.78, 5) is 4.00. The molecule has 0 aromatic heterocycles. The highest BCUT2D eigenvalue weighted by Crippen LogP contribution is 2.31. The Labute approximate surface area is 251 Å². The molecule has 0 bridgehead atoms. The Balaban J connectivity index is 0.000000352. The highest BCUT2D eigenvalue weighted by molar-refractivity contribution is 7.97. The van der Waals surface area contributed by atoms with Crippen molar-refractivity contribution in [2.75, 3.05) is 0 Å². The van der Waals surface area contributed by atoms with Crippen molar-refractivity contribution in [3.05, 3.63) is 120 Å². The van der Waals surface area contributed by atoms with E-state index in [0.29, 0.717) is 0 Å². The summed E-state index contributed by atoms with van der Waals surface area (Å²) in [5.74, 6) is 0. The van der Waals surface area contributed by atoms with Crippen molar-refractivity contribution in [3.8, 4) is 0 Å². The molecule has 3 nitrogen and oxygen atoms in total. The minimum absolute atomic E-state index is 0.0368. The van der Waals surface area contributed by atoms with Gasteiger partial charge in [-0.3, -0.25) is 0 Å². The first kappa shape index (κ1) is 32.7. The van der Waals surface area contributed by atoms with Crippen LogP contribution in [-0.4, -0.2) is 13.0 Å². The lowest BCUT2D eigenvalue weighted by molar-refractivity contribution is 0.463. The van der Waals surface area contributed by atoms with E-state index in [4.69, 9.17) is 0 Å². The first-order valence-electron chi connectivity index (χ1n) is 14.8. The van der Waals surface area contributed by atoms with Crippen LogP contribution < -0.4 is 0 Å². The van der Waals surface area contributed by atoms with E-state index in [1.165, 1.54) is 96.6 Å². The third-order valence-electron chi connectivity index (χ3n) is 7.00. The lowest BCUT2D eigenvalue weighted by atomic mass is 10.0. The fourth-order valence-electron chi connectivity index (χ4n) is 4.66. The van der Waals surface area contributed by atoms with Gasteiger partial charge in [-0.1, -0.05) is 125 Å². The van der Waals surface area contributed by atoms with E-state index >= 15 is 0 Å². The zero-order chi connectivity index (χ0) is 29.3. The predicted molar refractivity (Wildman–Crippen MR) is 172 cm³/mol. The maximum atomic E-state index is 10.4. The van der Waals surface area contributed by atoms with Crippen molar-refractivity contribution in [2.45, 2.75) is 97.6 Å². The zero-order valence-corrected chi connectivity index (χ0v) is 26.1. The topological polar surface area (TPSA) is 57.2 Å². The second-order valence-electron chi connectivity index (χ2n) is 10.4. The van der Waals surface area contributed by atoms with E-state index in [0.717, 1.165) is 5.56 Å². The summed E-state index contributed by atoms with van der Waals surface area (Å²) < 4.78 is 31.2. The molecule has 0 N–H and O–H groups in total. The van der Waals surface area contributed by atoms with Crippen LogP contribution in [0.4, 0.5) is 0 Å². The minimum atomic E-state index is -4.27. The van der Waals surface area contributed by atoms with Crippen molar-refractivity contribution in [3.63, 3.8) is 0 Å². The van der Waals surface area contributed by atoms with Crippen LogP contribution in [0.5, 0.6) is 0 Å². The van der Waals surface area contributed by atoms with E-state index in [9.17, 15) is 13.0 Å². The Morgan fingerprint density at radius 3 is 1.46 bits per heavy atom. The van der Waals surface area contributed by atoms with Crippen molar-refractivity contribution >= 4 is 21.0 Å². The quantitative estimate of drug-likeness (QED) is 0.0837. The average Bonchev–Trinajstić information content (AvgIpc) is 2.98. The Hall–Kier alpha value is -2.86. The van der Waals surface area contributed by atoms with E-state index in [1.54, 1.807) is 12.1 Å². The molecule has 0 radical (unpaired) electrons. The van der Waals surface area contributed by atoms with Gasteiger partial charge in [0.25, 0.3) is 0 Å². The zero-order valence-electron chi connectivity index (χ0n) is 24.5. The van der Waals surface area contributed by atoms with Crippen LogP contribution in [0.1, 0.15) is 75.8 Å². The second kappa shape index (κ2) is 17.8. The molecule has 0 unspecified atom stereocenters. The highest BCUT2D eigenvalue weighted by Gasteiger charge is 2.27. The lowest BCUT2D eigenvalue weighted by Gasteiger charge is -2.09. The van der Waals surface area contributed by atoms with Gasteiger partial charge in [-0.2, -0.15) is 0 Å². The maximum absolute atomic E-state index is 10.4. The van der Waals surface area contributed by atoms with Gasteiger partial charge in [0.1, 0.15) is 10.1 Å². The number of rotatable bonds is 14. The molecule has 0 fully saturated rings. The van der Waals surface area contributed by atoms with Gasteiger partial charge in [0.05, 0.1) is 15.8 Å². The molecule has 4 rings (SSSR count). The normalized spacial score (nSPS) is 11.2. The van der Waals surface area contributed by atoms with Crippen LogP contribution in [0.2, 0.25) is 0 Å². The molecule has 5 heteroatoms. The lowest BCUT2D eigenvalue weighted by Crippen LogP contribution is -2.04. The van der Waals surface area contributed by atoms with Crippen LogP contribution >= 0.6 is 0 Å². The number of benzene rings is 4. The molecule has 0 aliphatic rings. The Morgan fingerprint density at radius 2 is 1.00 bits per heavy atom. The molecule has 0 heterocycles. The number of hydrogen-bond acceptors (Lipinski definition) is 3. The SMILES string of the molecule is CCCCCCCCCCCc1ccc([S+](c2ccccc2)c2ccccc2)cc1.Cc1ccc(S(=O)(=O)[O-])cc1. The number of aryl methyl sites for hydroxylation is 2. The van der Waals surface area contributed by atoms with Gasteiger partial charge < -0.3 is 4.55 Å². The third kappa shape index (κ3) is 11.9. The summed E-state index contributed by atoms with van der Waals surface area (Å²) in [6.07, 6.45) is 13.7. The molecule has 4 aromatic rings. The van der Waals surface area contributed by atoms with Crippen molar-refractivity contribution in [1.82, 2.24) is 0 Å². The van der Waals surface area contributed by atoms with Crippen molar-refractivity contribution in [1.29, 1.82) is 0 Å². The minimum Gasteiger partial charge on any atom is -0.744 e. The number of unbranched alkanes of at least 4 members (excludes halogenated alkanes) is 8. The van der Waals surface area contributed by atoms with Gasteiger partial charge in [-0.25, -0.2) is 8.42 Å². The van der Waals surface area contributed by atoms with Crippen LogP contribution in [0.15, 0.2) is 129 Å². The summed E-state index contributed by atoms with van der Waals surface area (Å²) in [6.45, 7) is 4.11. The Morgan fingerprint density at radius 1 is 0.561 bits per heavy atom. The van der Waals surface area contributed by atoms with Gasteiger partial charge >= 0.3 is 0 Å². The van der Waals surface area contributed by atoms with E-state index in [1.807, 2.05) is 6.92 Å². The van der Waals surface area contributed by atoms with Crippen LogP contribution in [0, 0.1) is 6.92 Å². The molecule has 218 valence electrons. The molecular weight excluding hydrogens is 545 g/mol. The number of hydrogen-bond donors (Lipinski definition) is 0. The first-order chi connectivity index (χ1) is 19.9. The smallest absolute Gasteiger partial charge is 0.166 e. The van der Waals surface area contributed by atoms with Crippen molar-refractivity contribution < 1.29 is 13.0 Å². The molecule has 0 aliphatic heterocycles. The fourth-order valence-corrected chi connectivity index (χ4v) is 7.21. The average molecular weight is 589 g/mol. The summed E-state index contributed by atoms with van der Waals surface area (Å²) in [5, 5.41) is 0. The van der Waals surface area contributed by atoms with Crippen LogP contribution in [0.3, 0.4) is 0 Å². The van der Waals surface area contributed by atoms with E-state index in [-0.39, 0.29) is 15.8 Å². The Bertz CT molecular complexity index is 1310. The summed E-state index contributed by atoms with van der Waals surface area (Å²) in [6, 6.07) is 37.0. The largest absolute Gasteiger partial charge is 0.744 e. The molecular formula is C36H44O3S2. The second-order valence-corrected chi connectivity index (χ2v) is 13.8.